The first kappa shape index (κ1) is 17.7. The molecule has 2 saturated heterocycles. The molecule has 2 bridgehead atoms. The van der Waals surface area contributed by atoms with Crippen molar-refractivity contribution in [1.82, 2.24) is 0 Å². The Balaban J connectivity index is 1.87. The molecule has 4 aliphatic rings. The highest BCUT2D eigenvalue weighted by molar-refractivity contribution is 5.96. The molecule has 0 aromatic rings. The third kappa shape index (κ3) is 1.98. The fourth-order valence-electron chi connectivity index (χ4n) is 5.35. The average molecular weight is 364 g/mol. The van der Waals surface area contributed by atoms with Gasteiger partial charge in [0.25, 0.3) is 0 Å². The molecule has 0 radical (unpaired) electrons. The van der Waals surface area contributed by atoms with Gasteiger partial charge >= 0.3 is 11.9 Å². The topological polar surface area (TPSA) is 91.4 Å². The van der Waals surface area contributed by atoms with E-state index in [-0.39, 0.29) is 12.4 Å². The number of fused-ring (bicyclic) bond motifs is 2. The number of ether oxygens (including phenoxy) is 4. The smallest absolute Gasteiger partial charge is 0.303 e. The molecular formula is C19H24O7. The van der Waals surface area contributed by atoms with Crippen LogP contribution in [0.3, 0.4) is 0 Å². The van der Waals surface area contributed by atoms with Crippen molar-refractivity contribution in [2.24, 2.45) is 10.8 Å². The van der Waals surface area contributed by atoms with E-state index in [0.29, 0.717) is 13.0 Å². The van der Waals surface area contributed by atoms with Crippen molar-refractivity contribution in [2.45, 2.75) is 64.4 Å². The van der Waals surface area contributed by atoms with Gasteiger partial charge in [-0.05, 0) is 19.8 Å². The number of hydrogen-bond acceptors (Lipinski definition) is 7. The molecule has 3 fully saturated rings. The molecule has 1 saturated carbocycles. The lowest BCUT2D eigenvalue weighted by molar-refractivity contribution is -0.232. The lowest BCUT2D eigenvalue weighted by atomic mass is 9.51. The van der Waals surface area contributed by atoms with E-state index in [9.17, 15) is 14.4 Å². The van der Waals surface area contributed by atoms with Gasteiger partial charge < -0.3 is 18.9 Å². The highest BCUT2D eigenvalue weighted by atomic mass is 16.6. The minimum absolute atomic E-state index is 0.0934. The maximum Gasteiger partial charge on any atom is 0.303 e. The Morgan fingerprint density at radius 2 is 2.00 bits per heavy atom. The van der Waals surface area contributed by atoms with Crippen LogP contribution in [0.5, 0.6) is 0 Å². The SMILES string of the molecule is CC(=O)OC[C@@]12CCC(C)=C[C@@H]1O[C@H]1C(=O)[C@@H](OC(C)=O)[C@]2(C)[C@@]12CO2. The van der Waals surface area contributed by atoms with E-state index in [2.05, 4.69) is 0 Å². The molecule has 2 aliphatic carbocycles. The molecule has 0 N–H and O–H groups in total. The molecule has 7 nitrogen and oxygen atoms in total. The quantitative estimate of drug-likeness (QED) is 0.424. The summed E-state index contributed by atoms with van der Waals surface area (Å²) in [5.41, 5.74) is -1.18. The van der Waals surface area contributed by atoms with Crippen molar-refractivity contribution in [1.29, 1.82) is 0 Å². The first-order chi connectivity index (χ1) is 12.2. The second-order valence-electron chi connectivity index (χ2n) is 8.16. The number of ketones is 1. The van der Waals surface area contributed by atoms with Crippen LogP contribution < -0.4 is 0 Å². The molecule has 0 amide bonds. The van der Waals surface area contributed by atoms with Crippen molar-refractivity contribution in [3.05, 3.63) is 11.6 Å². The molecule has 26 heavy (non-hydrogen) atoms. The zero-order valence-electron chi connectivity index (χ0n) is 15.5. The first-order valence-corrected chi connectivity index (χ1v) is 8.99. The van der Waals surface area contributed by atoms with Crippen molar-refractivity contribution in [2.75, 3.05) is 13.2 Å². The third-order valence-corrected chi connectivity index (χ3v) is 6.88. The lowest BCUT2D eigenvalue weighted by Crippen LogP contribution is -2.66. The molecule has 1 spiro atoms. The second-order valence-corrected chi connectivity index (χ2v) is 8.16. The zero-order chi connectivity index (χ0) is 18.9. The summed E-state index contributed by atoms with van der Waals surface area (Å²) in [6.45, 7) is 7.06. The third-order valence-electron chi connectivity index (χ3n) is 6.88. The zero-order valence-corrected chi connectivity index (χ0v) is 15.5. The number of carbonyl (C=O) groups excluding carboxylic acids is 3. The molecule has 7 heteroatoms. The van der Waals surface area contributed by atoms with Crippen molar-refractivity contribution < 1.29 is 33.3 Å². The van der Waals surface area contributed by atoms with Crippen LogP contribution in [-0.2, 0) is 33.3 Å². The predicted molar refractivity (Wildman–Crippen MR) is 88.1 cm³/mol. The Bertz CT molecular complexity index is 721. The van der Waals surface area contributed by atoms with Gasteiger partial charge in [-0.15, -0.1) is 0 Å². The highest BCUT2D eigenvalue weighted by Crippen LogP contribution is 2.71. The van der Waals surface area contributed by atoms with E-state index >= 15 is 0 Å². The van der Waals surface area contributed by atoms with Gasteiger partial charge in [-0.1, -0.05) is 18.6 Å². The van der Waals surface area contributed by atoms with E-state index in [1.54, 1.807) is 0 Å². The Kier molecular flexibility index (Phi) is 3.66. The minimum atomic E-state index is -0.972. The van der Waals surface area contributed by atoms with E-state index in [1.165, 1.54) is 19.4 Å². The molecule has 142 valence electrons. The molecule has 2 aliphatic heterocycles. The van der Waals surface area contributed by atoms with Crippen LogP contribution in [0.25, 0.3) is 0 Å². The van der Waals surface area contributed by atoms with Gasteiger partial charge in [-0.3, -0.25) is 14.4 Å². The summed E-state index contributed by atoms with van der Waals surface area (Å²) in [6.07, 6.45) is 1.32. The number of esters is 2. The normalized spacial score (nSPS) is 45.8. The molecule has 6 atom stereocenters. The van der Waals surface area contributed by atoms with E-state index in [0.717, 1.165) is 6.42 Å². The lowest BCUT2D eigenvalue weighted by Gasteiger charge is -2.57. The summed E-state index contributed by atoms with van der Waals surface area (Å²) >= 11 is 0. The van der Waals surface area contributed by atoms with Crippen LogP contribution in [-0.4, -0.2) is 54.8 Å². The number of carbonyl (C=O) groups is 3. The minimum Gasteiger partial charge on any atom is -0.465 e. The number of rotatable bonds is 3. The summed E-state index contributed by atoms with van der Waals surface area (Å²) in [6, 6.07) is 0. The number of Topliss-reactive ketones (excluding diaryl/α,β-unsaturated/α-hetero) is 1. The van der Waals surface area contributed by atoms with Crippen LogP contribution in [0, 0.1) is 10.8 Å². The second kappa shape index (κ2) is 5.39. The van der Waals surface area contributed by atoms with Crippen LogP contribution in [0.15, 0.2) is 11.6 Å². The van der Waals surface area contributed by atoms with Gasteiger partial charge in [0.15, 0.2) is 12.2 Å². The highest BCUT2D eigenvalue weighted by Gasteiger charge is 2.86. The fraction of sp³-hybridized carbons (Fsp3) is 0.737. The molecule has 4 rings (SSSR count). The van der Waals surface area contributed by atoms with Crippen LogP contribution in [0.2, 0.25) is 0 Å². The van der Waals surface area contributed by atoms with Gasteiger partial charge in [0.05, 0.1) is 18.1 Å². The van der Waals surface area contributed by atoms with Crippen molar-refractivity contribution >= 4 is 17.7 Å². The standard InChI is InChI=1S/C19H24O7/c1-10-5-6-18(8-23-11(2)20)13(7-10)26-16-14(22)15(25-12(3)21)17(18,4)19(16)9-24-19/h7,13,15-16H,5-6,8-9H2,1-4H3/t13-,15+,16-,17-,18-,19+/m0/s1. The van der Waals surface area contributed by atoms with Crippen LogP contribution in [0.1, 0.15) is 40.5 Å². The molecular weight excluding hydrogens is 340 g/mol. The fourth-order valence-corrected chi connectivity index (χ4v) is 5.35. The Hall–Kier alpha value is -1.73. The summed E-state index contributed by atoms with van der Waals surface area (Å²) in [5, 5.41) is 0. The van der Waals surface area contributed by atoms with E-state index in [1.807, 2.05) is 19.9 Å². The predicted octanol–water partition coefficient (Wildman–Crippen LogP) is 1.33. The van der Waals surface area contributed by atoms with E-state index in [4.69, 9.17) is 18.9 Å². The number of hydrogen-bond donors (Lipinski definition) is 0. The average Bonchev–Trinajstić information content (AvgIpc) is 3.34. The number of allylic oxidation sites excluding steroid dienone is 1. The van der Waals surface area contributed by atoms with Crippen molar-refractivity contribution in [3.8, 4) is 0 Å². The summed E-state index contributed by atoms with van der Waals surface area (Å²) < 4.78 is 23.0. The summed E-state index contributed by atoms with van der Waals surface area (Å²) in [5.74, 6) is -1.17. The largest absolute Gasteiger partial charge is 0.465 e. The Labute approximate surface area is 152 Å². The monoisotopic (exact) mass is 364 g/mol. The number of epoxide rings is 1. The van der Waals surface area contributed by atoms with Gasteiger partial charge in [-0.2, -0.15) is 0 Å². The van der Waals surface area contributed by atoms with Crippen LogP contribution >= 0.6 is 0 Å². The first-order valence-electron chi connectivity index (χ1n) is 8.99. The Morgan fingerprint density at radius 1 is 1.31 bits per heavy atom. The van der Waals surface area contributed by atoms with Crippen LogP contribution in [0.4, 0.5) is 0 Å². The maximum atomic E-state index is 13.1. The van der Waals surface area contributed by atoms with E-state index < -0.39 is 46.7 Å². The van der Waals surface area contributed by atoms with Gasteiger partial charge in [0.2, 0.25) is 5.78 Å². The molecule has 0 aromatic carbocycles. The van der Waals surface area contributed by atoms with Gasteiger partial charge in [0, 0.05) is 19.3 Å². The molecule has 2 heterocycles. The Morgan fingerprint density at radius 3 is 2.58 bits per heavy atom. The molecule has 0 aromatic heterocycles. The molecule has 0 unspecified atom stereocenters. The summed E-state index contributed by atoms with van der Waals surface area (Å²) in [7, 11) is 0. The summed E-state index contributed by atoms with van der Waals surface area (Å²) in [4.78, 5) is 36.4. The van der Waals surface area contributed by atoms with Gasteiger partial charge in [0.1, 0.15) is 12.2 Å². The van der Waals surface area contributed by atoms with Gasteiger partial charge in [-0.25, -0.2) is 0 Å². The maximum absolute atomic E-state index is 13.1. The van der Waals surface area contributed by atoms with Crippen molar-refractivity contribution in [3.63, 3.8) is 0 Å².